The first-order valence-corrected chi connectivity index (χ1v) is 7.36. The smallest absolute Gasteiger partial charge is 0.270 e. The lowest BCUT2D eigenvalue weighted by atomic mass is 10.3. The van der Waals surface area contributed by atoms with Crippen LogP contribution in [0.15, 0.2) is 35.5 Å². The molecule has 3 N–H and O–H groups in total. The number of rotatable bonds is 6. The first-order chi connectivity index (χ1) is 9.94. The fourth-order valence-corrected chi connectivity index (χ4v) is 2.93. The summed E-state index contributed by atoms with van der Waals surface area (Å²) in [4.78, 5) is 9.96. The van der Waals surface area contributed by atoms with E-state index in [1.165, 1.54) is 25.4 Å². The molecule has 2 rings (SSSR count). The summed E-state index contributed by atoms with van der Waals surface area (Å²) in [5.41, 5.74) is 0.632. The monoisotopic (exact) mass is 311 g/mol. The molecule has 0 amide bonds. The molecule has 0 saturated carbocycles. The summed E-state index contributed by atoms with van der Waals surface area (Å²) < 4.78 is 26.9. The zero-order chi connectivity index (χ0) is 15.5. The van der Waals surface area contributed by atoms with Gasteiger partial charge in [-0.15, -0.1) is 0 Å². The van der Waals surface area contributed by atoms with Crippen molar-refractivity contribution >= 4 is 21.4 Å². The minimum atomic E-state index is -3.89. The number of nitrogens with one attached hydrogen (secondary N) is 3. The van der Waals surface area contributed by atoms with Crippen LogP contribution < -0.4 is 10.0 Å². The number of hydrogen-bond acceptors (Lipinski definition) is 6. The molecule has 9 nitrogen and oxygen atoms in total. The minimum absolute atomic E-state index is 0.0324. The molecular weight excluding hydrogens is 298 g/mol. The highest BCUT2D eigenvalue weighted by Crippen LogP contribution is 2.26. The summed E-state index contributed by atoms with van der Waals surface area (Å²) in [5.74, 6) is 0. The molecule has 2 aromatic rings. The highest BCUT2D eigenvalue weighted by molar-refractivity contribution is 7.89. The highest BCUT2D eigenvalue weighted by atomic mass is 32.2. The number of sulfonamides is 1. The topological polar surface area (TPSA) is 130 Å². The van der Waals surface area contributed by atoms with Crippen LogP contribution in [0.4, 0.5) is 11.4 Å². The largest absolute Gasteiger partial charge is 0.387 e. The minimum Gasteiger partial charge on any atom is -0.387 e. The van der Waals surface area contributed by atoms with Crippen molar-refractivity contribution in [3.8, 4) is 0 Å². The number of nitro benzene ring substituents is 1. The van der Waals surface area contributed by atoms with Gasteiger partial charge in [-0.2, -0.15) is 5.10 Å². The Labute approximate surface area is 120 Å². The summed E-state index contributed by atoms with van der Waals surface area (Å²) in [7, 11) is -2.36. The number of benzene rings is 1. The van der Waals surface area contributed by atoms with Crippen molar-refractivity contribution in [3.05, 3.63) is 46.3 Å². The summed E-state index contributed by atoms with van der Waals surface area (Å²) in [6, 6.07) is 3.61. The lowest BCUT2D eigenvalue weighted by molar-refractivity contribution is -0.385. The first kappa shape index (κ1) is 14.9. The predicted octanol–water partition coefficient (Wildman–Crippen LogP) is 0.838. The standard InChI is InChI=1S/C11H13N5O4S/c1-12-10-3-2-9(16(17)18)4-11(10)21(19,20)15-7-8-5-13-14-6-8/h2-6,12,15H,7H2,1H3,(H,13,14). The van der Waals surface area contributed by atoms with Crippen LogP contribution in [0.1, 0.15) is 5.56 Å². The maximum atomic E-state index is 12.3. The normalized spacial score (nSPS) is 11.3. The van der Waals surface area contributed by atoms with Gasteiger partial charge in [0.1, 0.15) is 4.90 Å². The van der Waals surface area contributed by atoms with Crippen molar-refractivity contribution in [2.24, 2.45) is 0 Å². The fraction of sp³-hybridized carbons (Fsp3) is 0.182. The first-order valence-electron chi connectivity index (χ1n) is 5.87. The van der Waals surface area contributed by atoms with Crippen LogP contribution in [-0.2, 0) is 16.6 Å². The molecule has 0 aliphatic heterocycles. The third kappa shape index (κ3) is 3.35. The van der Waals surface area contributed by atoms with Crippen molar-refractivity contribution in [1.82, 2.24) is 14.9 Å². The van der Waals surface area contributed by atoms with Gasteiger partial charge < -0.3 is 5.32 Å². The Kier molecular flexibility index (Phi) is 4.19. The molecule has 0 saturated heterocycles. The van der Waals surface area contributed by atoms with E-state index in [2.05, 4.69) is 20.2 Å². The van der Waals surface area contributed by atoms with Crippen LogP contribution in [0.5, 0.6) is 0 Å². The number of nitro groups is 1. The second kappa shape index (κ2) is 5.89. The zero-order valence-electron chi connectivity index (χ0n) is 11.0. The molecule has 0 bridgehead atoms. The van der Waals surface area contributed by atoms with E-state index in [0.29, 0.717) is 5.56 Å². The number of nitrogens with zero attached hydrogens (tertiary/aromatic N) is 2. The number of anilines is 1. The Morgan fingerprint density at radius 1 is 1.43 bits per heavy atom. The van der Waals surface area contributed by atoms with E-state index in [4.69, 9.17) is 0 Å². The van der Waals surface area contributed by atoms with E-state index in [0.717, 1.165) is 6.07 Å². The quantitative estimate of drug-likeness (QED) is 0.535. The number of H-pyrrole nitrogens is 1. The van der Waals surface area contributed by atoms with Gasteiger partial charge in [0.05, 0.1) is 16.8 Å². The maximum absolute atomic E-state index is 12.3. The molecule has 0 atom stereocenters. The van der Waals surface area contributed by atoms with E-state index < -0.39 is 14.9 Å². The van der Waals surface area contributed by atoms with E-state index in [9.17, 15) is 18.5 Å². The molecule has 0 radical (unpaired) electrons. The molecule has 0 fully saturated rings. The maximum Gasteiger partial charge on any atom is 0.270 e. The molecule has 112 valence electrons. The summed E-state index contributed by atoms with van der Waals surface area (Å²) in [5, 5.41) is 19.8. The van der Waals surface area contributed by atoms with Gasteiger partial charge >= 0.3 is 0 Å². The lowest BCUT2D eigenvalue weighted by Crippen LogP contribution is -2.24. The summed E-state index contributed by atoms with van der Waals surface area (Å²) in [6.07, 6.45) is 3.03. The lowest BCUT2D eigenvalue weighted by Gasteiger charge is -2.10. The average Bonchev–Trinajstić information content (AvgIpc) is 2.98. The number of aromatic amines is 1. The van der Waals surface area contributed by atoms with E-state index >= 15 is 0 Å². The van der Waals surface area contributed by atoms with E-state index in [1.54, 1.807) is 6.20 Å². The van der Waals surface area contributed by atoms with Crippen molar-refractivity contribution in [2.45, 2.75) is 11.4 Å². The van der Waals surface area contributed by atoms with Crippen LogP contribution in [0.2, 0.25) is 0 Å². The molecule has 1 aromatic heterocycles. The third-order valence-corrected chi connectivity index (χ3v) is 4.20. The summed E-state index contributed by atoms with van der Waals surface area (Å²) >= 11 is 0. The van der Waals surface area contributed by atoms with Crippen LogP contribution in [0, 0.1) is 10.1 Å². The zero-order valence-corrected chi connectivity index (χ0v) is 11.8. The molecule has 0 spiro atoms. The van der Waals surface area contributed by atoms with Crippen LogP contribution in [0.3, 0.4) is 0 Å². The van der Waals surface area contributed by atoms with Crippen molar-refractivity contribution in [1.29, 1.82) is 0 Å². The predicted molar refractivity (Wildman–Crippen MR) is 75.3 cm³/mol. The van der Waals surface area contributed by atoms with Gasteiger partial charge in [0, 0.05) is 37.5 Å². The van der Waals surface area contributed by atoms with Crippen LogP contribution >= 0.6 is 0 Å². The molecule has 1 aromatic carbocycles. The number of hydrogen-bond donors (Lipinski definition) is 3. The van der Waals surface area contributed by atoms with E-state index in [1.807, 2.05) is 0 Å². The second-order valence-electron chi connectivity index (χ2n) is 4.12. The van der Waals surface area contributed by atoms with Gasteiger partial charge in [-0.3, -0.25) is 15.2 Å². The van der Waals surface area contributed by atoms with Gasteiger partial charge in [0.2, 0.25) is 10.0 Å². The molecule has 0 unspecified atom stereocenters. The fourth-order valence-electron chi connectivity index (χ4n) is 1.68. The van der Waals surface area contributed by atoms with Gasteiger partial charge in [-0.25, -0.2) is 13.1 Å². The Balaban J connectivity index is 2.33. The van der Waals surface area contributed by atoms with E-state index in [-0.39, 0.29) is 22.8 Å². The molecule has 1 heterocycles. The summed E-state index contributed by atoms with van der Waals surface area (Å²) in [6.45, 7) is 0.0324. The van der Waals surface area contributed by atoms with Crippen LogP contribution in [0.25, 0.3) is 0 Å². The van der Waals surface area contributed by atoms with Crippen molar-refractivity contribution in [2.75, 3.05) is 12.4 Å². The molecule has 0 aliphatic rings. The van der Waals surface area contributed by atoms with Crippen LogP contribution in [-0.4, -0.2) is 30.6 Å². The highest BCUT2D eigenvalue weighted by Gasteiger charge is 2.21. The van der Waals surface area contributed by atoms with Gasteiger partial charge in [0.15, 0.2) is 0 Å². The third-order valence-electron chi connectivity index (χ3n) is 2.76. The van der Waals surface area contributed by atoms with Gasteiger partial charge in [-0.1, -0.05) is 0 Å². The molecule has 10 heteroatoms. The van der Waals surface area contributed by atoms with Gasteiger partial charge in [0.25, 0.3) is 5.69 Å². The number of aromatic nitrogens is 2. The molecular formula is C11H13N5O4S. The SMILES string of the molecule is CNc1ccc([N+](=O)[O-])cc1S(=O)(=O)NCc1cn[nH]c1. The Morgan fingerprint density at radius 3 is 2.76 bits per heavy atom. The average molecular weight is 311 g/mol. The second-order valence-corrected chi connectivity index (χ2v) is 5.85. The molecule has 0 aliphatic carbocycles. The molecule has 21 heavy (non-hydrogen) atoms. The van der Waals surface area contributed by atoms with Gasteiger partial charge in [-0.05, 0) is 6.07 Å². The van der Waals surface area contributed by atoms with Crippen molar-refractivity contribution in [3.63, 3.8) is 0 Å². The Bertz CT molecular complexity index is 742. The Hall–Kier alpha value is -2.46. The van der Waals surface area contributed by atoms with Crippen molar-refractivity contribution < 1.29 is 13.3 Å². The Morgan fingerprint density at radius 2 is 2.19 bits per heavy atom. The number of non-ortho nitro benzene ring substituents is 1.